The van der Waals surface area contributed by atoms with E-state index in [2.05, 4.69) is 6.58 Å². The van der Waals surface area contributed by atoms with E-state index in [0.29, 0.717) is 0 Å². The van der Waals surface area contributed by atoms with Gasteiger partial charge in [-0.05, 0) is 11.4 Å². The summed E-state index contributed by atoms with van der Waals surface area (Å²) in [7, 11) is 0. The quantitative estimate of drug-likeness (QED) is 0.746. The van der Waals surface area contributed by atoms with Gasteiger partial charge in [0.1, 0.15) is 0 Å². The summed E-state index contributed by atoms with van der Waals surface area (Å²) >= 11 is 7.35. The van der Waals surface area contributed by atoms with E-state index >= 15 is 0 Å². The van der Waals surface area contributed by atoms with Crippen molar-refractivity contribution in [3.63, 3.8) is 0 Å². The molecule has 1 atom stereocenters. The van der Waals surface area contributed by atoms with E-state index in [-0.39, 0.29) is 18.4 Å². The molecule has 0 aliphatic rings. The molecule has 0 aliphatic carbocycles. The second-order valence-electron chi connectivity index (χ2n) is 1.89. The summed E-state index contributed by atoms with van der Waals surface area (Å²) in [6.45, 7) is 3.58. The van der Waals surface area contributed by atoms with Crippen molar-refractivity contribution in [2.45, 2.75) is 6.04 Å². The highest BCUT2D eigenvalue weighted by atomic mass is 35.5. The Balaban J connectivity index is 0.000001000. The normalized spacial score (nSPS) is 11.8. The zero-order chi connectivity index (χ0) is 7.56. The summed E-state index contributed by atoms with van der Waals surface area (Å²) < 4.78 is 0. The fourth-order valence-electron chi connectivity index (χ4n) is 0.650. The maximum absolute atomic E-state index is 5.80. The van der Waals surface area contributed by atoms with Gasteiger partial charge in [-0.3, -0.25) is 0 Å². The molecule has 0 bridgehead atoms. The summed E-state index contributed by atoms with van der Waals surface area (Å²) in [6, 6.07) is 1.72. The molecule has 62 valence electrons. The highest BCUT2D eigenvalue weighted by Crippen LogP contribution is 2.27. The lowest BCUT2D eigenvalue weighted by atomic mass is 10.2. The van der Waals surface area contributed by atoms with Gasteiger partial charge in [0.2, 0.25) is 0 Å². The van der Waals surface area contributed by atoms with E-state index in [1.165, 1.54) is 0 Å². The molecule has 11 heavy (non-hydrogen) atoms. The minimum atomic E-state index is -0.118. The van der Waals surface area contributed by atoms with E-state index in [9.17, 15) is 0 Å². The van der Waals surface area contributed by atoms with Crippen molar-refractivity contribution < 1.29 is 0 Å². The van der Waals surface area contributed by atoms with Gasteiger partial charge in [-0.1, -0.05) is 17.7 Å². The van der Waals surface area contributed by atoms with Crippen LogP contribution in [0.4, 0.5) is 0 Å². The monoisotopic (exact) mass is 209 g/mol. The summed E-state index contributed by atoms with van der Waals surface area (Å²) in [6.07, 6.45) is 1.68. The molecule has 1 heterocycles. The third kappa shape index (κ3) is 2.49. The van der Waals surface area contributed by atoms with E-state index in [1.54, 1.807) is 17.4 Å². The summed E-state index contributed by atoms with van der Waals surface area (Å²) in [5.74, 6) is 0. The second kappa shape index (κ2) is 4.78. The molecule has 0 radical (unpaired) electrons. The Hall–Kier alpha value is -0.0200. The van der Waals surface area contributed by atoms with Crippen LogP contribution >= 0.6 is 35.3 Å². The Labute approximate surface area is 81.3 Å². The van der Waals surface area contributed by atoms with Crippen LogP contribution < -0.4 is 5.73 Å². The first kappa shape index (κ1) is 11.0. The molecule has 0 saturated heterocycles. The molecular formula is C7H9Cl2NS. The van der Waals surface area contributed by atoms with Gasteiger partial charge < -0.3 is 5.73 Å². The SMILES string of the molecule is C=C[C@H](N)c1sccc1Cl.Cl. The fourth-order valence-corrected chi connectivity index (χ4v) is 1.83. The van der Waals surface area contributed by atoms with Crippen LogP contribution in [0.25, 0.3) is 0 Å². The van der Waals surface area contributed by atoms with Crippen molar-refractivity contribution in [2.24, 2.45) is 5.73 Å². The minimum Gasteiger partial charge on any atom is -0.320 e. The first-order chi connectivity index (χ1) is 4.75. The molecule has 2 N–H and O–H groups in total. The lowest BCUT2D eigenvalue weighted by Gasteiger charge is -2.01. The van der Waals surface area contributed by atoms with Gasteiger partial charge in [0.05, 0.1) is 11.1 Å². The summed E-state index contributed by atoms with van der Waals surface area (Å²) in [5.41, 5.74) is 5.65. The highest BCUT2D eigenvalue weighted by molar-refractivity contribution is 7.10. The third-order valence-electron chi connectivity index (χ3n) is 1.20. The number of halogens is 2. The molecule has 0 aromatic carbocycles. The lowest BCUT2D eigenvalue weighted by Crippen LogP contribution is -2.04. The maximum atomic E-state index is 5.80. The van der Waals surface area contributed by atoms with Crippen LogP contribution in [0.2, 0.25) is 5.02 Å². The molecule has 1 nitrogen and oxygen atoms in total. The summed E-state index contributed by atoms with van der Waals surface area (Å²) in [4.78, 5) is 0.983. The van der Waals surface area contributed by atoms with Crippen LogP contribution in [-0.2, 0) is 0 Å². The Bertz CT molecular complexity index is 234. The average Bonchev–Trinajstić information content (AvgIpc) is 2.34. The smallest absolute Gasteiger partial charge is 0.0588 e. The van der Waals surface area contributed by atoms with Crippen molar-refractivity contribution in [3.05, 3.63) is 34.0 Å². The molecule has 0 saturated carbocycles. The second-order valence-corrected chi connectivity index (χ2v) is 3.25. The van der Waals surface area contributed by atoms with Crippen molar-refractivity contribution >= 4 is 35.3 Å². The molecule has 0 amide bonds. The number of rotatable bonds is 2. The zero-order valence-electron chi connectivity index (χ0n) is 5.79. The molecule has 4 heteroatoms. The molecule has 0 spiro atoms. The number of hydrogen-bond acceptors (Lipinski definition) is 2. The Kier molecular flexibility index (Phi) is 4.77. The topological polar surface area (TPSA) is 26.0 Å². The van der Waals surface area contributed by atoms with Gasteiger partial charge in [0.25, 0.3) is 0 Å². The molecule has 0 unspecified atom stereocenters. The number of hydrogen-bond donors (Lipinski definition) is 1. The van der Waals surface area contributed by atoms with Crippen LogP contribution in [0.1, 0.15) is 10.9 Å². The molecule has 0 aliphatic heterocycles. The van der Waals surface area contributed by atoms with Crippen LogP contribution in [-0.4, -0.2) is 0 Å². The Morgan fingerprint density at radius 2 is 2.36 bits per heavy atom. The van der Waals surface area contributed by atoms with E-state index in [1.807, 2.05) is 11.4 Å². The van der Waals surface area contributed by atoms with Gasteiger partial charge in [0.15, 0.2) is 0 Å². The molecule has 1 aromatic rings. The average molecular weight is 210 g/mol. The van der Waals surface area contributed by atoms with Crippen molar-refractivity contribution in [2.75, 3.05) is 0 Å². The maximum Gasteiger partial charge on any atom is 0.0588 e. The first-order valence-corrected chi connectivity index (χ1v) is 4.12. The Morgan fingerprint density at radius 1 is 1.73 bits per heavy atom. The molecule has 0 fully saturated rings. The molecule has 1 aromatic heterocycles. The predicted octanol–water partition coefficient (Wildman–Crippen LogP) is 3.01. The van der Waals surface area contributed by atoms with Gasteiger partial charge in [-0.2, -0.15) is 0 Å². The van der Waals surface area contributed by atoms with E-state index in [4.69, 9.17) is 17.3 Å². The van der Waals surface area contributed by atoms with Gasteiger partial charge >= 0.3 is 0 Å². The van der Waals surface area contributed by atoms with Crippen molar-refractivity contribution in [3.8, 4) is 0 Å². The zero-order valence-corrected chi connectivity index (χ0v) is 8.18. The number of thiophene rings is 1. The standard InChI is InChI=1S/C7H8ClNS.ClH/c1-2-6(9)7-5(8)3-4-10-7;/h2-4,6H,1,9H2;1H/t6-;/m0./s1. The lowest BCUT2D eigenvalue weighted by molar-refractivity contribution is 0.940. The van der Waals surface area contributed by atoms with Gasteiger partial charge in [-0.15, -0.1) is 30.3 Å². The fraction of sp³-hybridized carbons (Fsp3) is 0.143. The number of nitrogens with two attached hydrogens (primary N) is 1. The largest absolute Gasteiger partial charge is 0.320 e. The van der Waals surface area contributed by atoms with Crippen LogP contribution in [0.15, 0.2) is 24.1 Å². The van der Waals surface area contributed by atoms with Crippen LogP contribution in [0.3, 0.4) is 0 Å². The predicted molar refractivity (Wildman–Crippen MR) is 53.7 cm³/mol. The third-order valence-corrected chi connectivity index (χ3v) is 2.66. The molecule has 1 rings (SSSR count). The van der Waals surface area contributed by atoms with Crippen molar-refractivity contribution in [1.82, 2.24) is 0 Å². The minimum absolute atomic E-state index is 0. The van der Waals surface area contributed by atoms with Crippen molar-refractivity contribution in [1.29, 1.82) is 0 Å². The summed E-state index contributed by atoms with van der Waals surface area (Å²) in [5, 5.41) is 2.65. The first-order valence-electron chi connectivity index (χ1n) is 2.86. The van der Waals surface area contributed by atoms with Crippen LogP contribution in [0, 0.1) is 0 Å². The van der Waals surface area contributed by atoms with Gasteiger partial charge in [-0.25, -0.2) is 0 Å². The Morgan fingerprint density at radius 3 is 2.73 bits per heavy atom. The van der Waals surface area contributed by atoms with Gasteiger partial charge in [0, 0.05) is 4.88 Å². The highest BCUT2D eigenvalue weighted by Gasteiger charge is 2.06. The van der Waals surface area contributed by atoms with Crippen LogP contribution in [0.5, 0.6) is 0 Å². The van der Waals surface area contributed by atoms with E-state index in [0.717, 1.165) is 9.90 Å². The van der Waals surface area contributed by atoms with E-state index < -0.39 is 0 Å². The molecular weight excluding hydrogens is 201 g/mol.